The Labute approximate surface area is 229 Å². The molecule has 1 aromatic carbocycles. The number of carbonyl (C=O) groups is 2. The Morgan fingerprint density at radius 1 is 1.05 bits per heavy atom. The Morgan fingerprint density at radius 2 is 1.71 bits per heavy atom. The molecule has 208 valence electrons. The van der Waals surface area contributed by atoms with Crippen LogP contribution in [0, 0.1) is 5.92 Å². The first-order valence-electron chi connectivity index (χ1n) is 12.9. The monoisotopic (exact) mass is 546 g/mol. The minimum absolute atomic E-state index is 0. The van der Waals surface area contributed by atoms with Gasteiger partial charge in [0.05, 0.1) is 11.2 Å². The van der Waals surface area contributed by atoms with Crippen LogP contribution in [-0.4, -0.2) is 94.1 Å². The van der Waals surface area contributed by atoms with Gasteiger partial charge in [0.15, 0.2) is 0 Å². The molecule has 4 rings (SSSR count). The largest absolute Gasteiger partial charge is 0.354 e. The van der Waals surface area contributed by atoms with Gasteiger partial charge >= 0.3 is 11.7 Å². The van der Waals surface area contributed by atoms with Crippen LogP contribution in [0.3, 0.4) is 0 Å². The van der Waals surface area contributed by atoms with E-state index in [4.69, 9.17) is 11.5 Å². The van der Waals surface area contributed by atoms with E-state index in [1.165, 1.54) is 16.6 Å². The van der Waals surface area contributed by atoms with Crippen molar-refractivity contribution in [3.63, 3.8) is 0 Å². The van der Waals surface area contributed by atoms with E-state index >= 15 is 0 Å². The maximum Gasteiger partial charge on any atom is 0.354 e. The Morgan fingerprint density at radius 3 is 2.29 bits per heavy atom. The van der Waals surface area contributed by atoms with Crippen LogP contribution in [0.4, 0.5) is 10.6 Å². The Balaban J connectivity index is 0.00000400. The van der Waals surface area contributed by atoms with Gasteiger partial charge in [0.1, 0.15) is 5.82 Å². The molecule has 3 heterocycles. The molecule has 2 aliphatic heterocycles. The molecule has 0 unspecified atom stereocenters. The number of nitrogens with zero attached hydrogens (tertiary/aromatic N) is 5. The molecule has 38 heavy (non-hydrogen) atoms. The molecule has 12 heteroatoms. The van der Waals surface area contributed by atoms with E-state index in [9.17, 15) is 14.4 Å². The van der Waals surface area contributed by atoms with Gasteiger partial charge in [-0.25, -0.2) is 9.59 Å². The number of rotatable bonds is 7. The number of piperazine rings is 1. The van der Waals surface area contributed by atoms with Crippen LogP contribution >= 0.6 is 12.4 Å². The number of amides is 3. The second-order valence-corrected chi connectivity index (χ2v) is 10.5. The number of nitrogens with one attached hydrogen (secondary N) is 1. The van der Waals surface area contributed by atoms with Crippen molar-refractivity contribution >= 4 is 30.2 Å². The van der Waals surface area contributed by atoms with Crippen LogP contribution < -0.4 is 22.5 Å². The lowest BCUT2D eigenvalue weighted by atomic mass is 10.1. The van der Waals surface area contributed by atoms with Crippen LogP contribution in [-0.2, 0) is 11.2 Å². The number of urea groups is 1. The molecule has 2 saturated heterocycles. The smallest absolute Gasteiger partial charge is 0.338 e. The summed E-state index contributed by atoms with van der Waals surface area (Å²) in [7, 11) is 0. The SMILES string of the molecule is CC(C)(N)C(=O)N1CCN(C(=O)Nc2ccn(-c3ccc(CCN4CC[C@H](CN)C4)cc3)c(=O)n2)CC1.Cl. The van der Waals surface area contributed by atoms with Gasteiger partial charge in [-0.05, 0) is 69.5 Å². The molecule has 2 aromatic rings. The zero-order chi connectivity index (χ0) is 26.6. The lowest BCUT2D eigenvalue weighted by Gasteiger charge is -2.37. The minimum Gasteiger partial charge on any atom is -0.338 e. The van der Waals surface area contributed by atoms with E-state index in [-0.39, 0.29) is 30.2 Å². The van der Waals surface area contributed by atoms with Gasteiger partial charge < -0.3 is 26.2 Å². The summed E-state index contributed by atoms with van der Waals surface area (Å²) in [5.74, 6) is 0.656. The minimum atomic E-state index is -0.944. The fourth-order valence-corrected chi connectivity index (χ4v) is 4.80. The number of anilines is 1. The first-order chi connectivity index (χ1) is 17.6. The summed E-state index contributed by atoms with van der Waals surface area (Å²) in [6, 6.07) is 9.13. The van der Waals surface area contributed by atoms with Crippen LogP contribution in [0.15, 0.2) is 41.3 Å². The molecule has 0 aliphatic carbocycles. The van der Waals surface area contributed by atoms with E-state index in [0.717, 1.165) is 32.6 Å². The second kappa shape index (κ2) is 12.7. The number of nitrogens with two attached hydrogens (primary N) is 2. The number of halogens is 1. The predicted octanol–water partition coefficient (Wildman–Crippen LogP) is 0.891. The van der Waals surface area contributed by atoms with Crippen molar-refractivity contribution in [1.82, 2.24) is 24.3 Å². The predicted molar refractivity (Wildman–Crippen MR) is 150 cm³/mol. The molecule has 1 atom stereocenters. The van der Waals surface area contributed by atoms with Crippen LogP contribution in [0.5, 0.6) is 0 Å². The number of hydrogen-bond donors (Lipinski definition) is 3. The Kier molecular flexibility index (Phi) is 9.88. The third kappa shape index (κ3) is 7.31. The van der Waals surface area contributed by atoms with Crippen LogP contribution in [0.2, 0.25) is 0 Å². The third-order valence-electron chi connectivity index (χ3n) is 7.08. The van der Waals surface area contributed by atoms with E-state index in [2.05, 4.69) is 15.2 Å². The number of benzene rings is 1. The average molecular weight is 547 g/mol. The fraction of sp³-hybridized carbons (Fsp3) is 0.538. The van der Waals surface area contributed by atoms with E-state index in [0.29, 0.717) is 37.8 Å². The summed E-state index contributed by atoms with van der Waals surface area (Å²) in [5, 5.41) is 2.69. The van der Waals surface area contributed by atoms with Gasteiger partial charge in [-0.1, -0.05) is 12.1 Å². The first kappa shape index (κ1) is 29.6. The van der Waals surface area contributed by atoms with Crippen LogP contribution in [0.25, 0.3) is 5.69 Å². The van der Waals surface area contributed by atoms with Crippen molar-refractivity contribution in [1.29, 1.82) is 0 Å². The zero-order valence-corrected chi connectivity index (χ0v) is 23.0. The maximum absolute atomic E-state index is 12.7. The molecule has 2 aliphatic rings. The normalized spacial score (nSPS) is 18.3. The number of hydrogen-bond acceptors (Lipinski definition) is 7. The highest BCUT2D eigenvalue weighted by Gasteiger charge is 2.31. The summed E-state index contributed by atoms with van der Waals surface area (Å²) in [4.78, 5) is 47.4. The standard InChI is InChI=1S/C26H38N8O3.ClH/c1-26(2,28)23(35)32-13-15-33(16-14-32)24(36)29-22-9-12-34(25(37)30-22)21-5-3-19(4-6-21)7-10-31-11-8-20(17-27)18-31;/h3-6,9,12,20H,7-8,10-11,13-18,27-28H2,1-2H3,(H,29,30,36,37);1H/t20-;/m1./s1. The second-order valence-electron chi connectivity index (χ2n) is 10.5. The summed E-state index contributed by atoms with van der Waals surface area (Å²) in [5.41, 5.74) is 12.2. The highest BCUT2D eigenvalue weighted by atomic mass is 35.5. The molecule has 11 nitrogen and oxygen atoms in total. The number of aromatic nitrogens is 2. The van der Waals surface area contributed by atoms with Gasteiger partial charge in [-0.2, -0.15) is 4.98 Å². The van der Waals surface area contributed by atoms with Crippen LogP contribution in [0.1, 0.15) is 25.8 Å². The quantitative estimate of drug-likeness (QED) is 0.468. The molecular formula is C26H39ClN8O3. The van der Waals surface area contributed by atoms with E-state index in [1.807, 2.05) is 24.3 Å². The zero-order valence-electron chi connectivity index (χ0n) is 22.1. The number of likely N-dealkylation sites (tertiary alicyclic amines) is 1. The highest BCUT2D eigenvalue weighted by molar-refractivity contribution is 5.89. The van der Waals surface area contributed by atoms with Gasteiger partial charge in [0.25, 0.3) is 0 Å². The Hall–Kier alpha value is -2.99. The van der Waals surface area contributed by atoms with Gasteiger partial charge in [-0.3, -0.25) is 14.7 Å². The maximum atomic E-state index is 12.7. The first-order valence-corrected chi connectivity index (χ1v) is 12.9. The van der Waals surface area contributed by atoms with Crippen molar-refractivity contribution in [3.05, 3.63) is 52.6 Å². The lowest BCUT2D eigenvalue weighted by Crippen LogP contribution is -2.58. The van der Waals surface area contributed by atoms with Crippen molar-refractivity contribution in [3.8, 4) is 5.69 Å². The van der Waals surface area contributed by atoms with Gasteiger partial charge in [-0.15, -0.1) is 12.4 Å². The lowest BCUT2D eigenvalue weighted by molar-refractivity contribution is -0.137. The van der Waals surface area contributed by atoms with Crippen molar-refractivity contribution in [2.45, 2.75) is 32.2 Å². The molecule has 2 fully saturated rings. The molecule has 1 aromatic heterocycles. The molecule has 0 radical (unpaired) electrons. The summed E-state index contributed by atoms with van der Waals surface area (Å²) in [6.07, 6.45) is 3.73. The summed E-state index contributed by atoms with van der Waals surface area (Å²) < 4.78 is 1.45. The highest BCUT2D eigenvalue weighted by Crippen LogP contribution is 2.16. The topological polar surface area (TPSA) is 143 Å². The summed E-state index contributed by atoms with van der Waals surface area (Å²) >= 11 is 0. The van der Waals surface area contributed by atoms with E-state index in [1.54, 1.807) is 35.9 Å². The van der Waals surface area contributed by atoms with Crippen molar-refractivity contribution in [2.75, 3.05) is 57.7 Å². The van der Waals surface area contributed by atoms with Gasteiger partial charge in [0, 0.05) is 45.5 Å². The molecule has 0 spiro atoms. The number of carbonyl (C=O) groups excluding carboxylic acids is 2. The molecule has 5 N–H and O–H groups in total. The molecule has 0 bridgehead atoms. The van der Waals surface area contributed by atoms with Gasteiger partial charge in [0.2, 0.25) is 5.91 Å². The third-order valence-corrected chi connectivity index (χ3v) is 7.08. The van der Waals surface area contributed by atoms with Crippen molar-refractivity contribution < 1.29 is 9.59 Å². The average Bonchev–Trinajstić information content (AvgIpc) is 3.35. The van der Waals surface area contributed by atoms with Crippen molar-refractivity contribution in [2.24, 2.45) is 17.4 Å². The fourth-order valence-electron chi connectivity index (χ4n) is 4.80. The molecule has 3 amide bonds. The Bertz CT molecular complexity index is 1160. The summed E-state index contributed by atoms with van der Waals surface area (Å²) in [6.45, 7) is 8.84. The van der Waals surface area contributed by atoms with E-state index < -0.39 is 11.2 Å². The molecular weight excluding hydrogens is 508 g/mol. The molecule has 0 saturated carbocycles.